The first-order chi connectivity index (χ1) is 8.60. The van der Waals surface area contributed by atoms with Crippen molar-refractivity contribution in [2.45, 2.75) is 13.8 Å². The Kier molecular flexibility index (Phi) is 5.58. The topological polar surface area (TPSA) is 49.8 Å². The normalized spacial score (nSPS) is 10.4. The number of halogens is 1. The molecule has 0 atom stereocenters. The smallest absolute Gasteiger partial charge is 0.257 e. The largest absolute Gasteiger partial charge is 0.507 e. The summed E-state index contributed by atoms with van der Waals surface area (Å²) >= 11 is 0. The van der Waals surface area contributed by atoms with Crippen LogP contribution in [0, 0.1) is 5.82 Å². The Morgan fingerprint density at radius 2 is 2.17 bits per heavy atom. The zero-order chi connectivity index (χ0) is 13.5. The standard InChI is InChI=1S/C13H18FNO3/c1-3-15(7-8-18-4-2)13(17)11-6-5-10(14)9-12(11)16/h5-6,9,16H,3-4,7-8H2,1-2H3. The van der Waals surface area contributed by atoms with E-state index in [2.05, 4.69) is 0 Å². The van der Waals surface area contributed by atoms with Crippen LogP contribution in [0.4, 0.5) is 4.39 Å². The number of amides is 1. The molecule has 0 aromatic heterocycles. The van der Waals surface area contributed by atoms with Gasteiger partial charge in [0, 0.05) is 25.8 Å². The summed E-state index contributed by atoms with van der Waals surface area (Å²) < 4.78 is 18.0. The monoisotopic (exact) mass is 255 g/mol. The second-order valence-corrected chi connectivity index (χ2v) is 3.74. The molecule has 0 aliphatic carbocycles. The van der Waals surface area contributed by atoms with Crippen LogP contribution in [0.25, 0.3) is 0 Å². The third-order valence-corrected chi connectivity index (χ3v) is 2.57. The highest BCUT2D eigenvalue weighted by atomic mass is 19.1. The Morgan fingerprint density at radius 1 is 1.44 bits per heavy atom. The second kappa shape index (κ2) is 6.96. The van der Waals surface area contributed by atoms with Crippen LogP contribution in [0.1, 0.15) is 24.2 Å². The Labute approximate surface area is 106 Å². The Balaban J connectivity index is 2.76. The Bertz CT molecular complexity index is 409. The van der Waals surface area contributed by atoms with Gasteiger partial charge in [-0.25, -0.2) is 4.39 Å². The van der Waals surface area contributed by atoms with Gasteiger partial charge in [-0.3, -0.25) is 4.79 Å². The summed E-state index contributed by atoms with van der Waals surface area (Å²) in [7, 11) is 0. The van der Waals surface area contributed by atoms with Crippen LogP contribution in [-0.2, 0) is 4.74 Å². The fourth-order valence-corrected chi connectivity index (χ4v) is 1.58. The average molecular weight is 255 g/mol. The number of phenolic OH excluding ortho intramolecular Hbond substituents is 1. The van der Waals surface area contributed by atoms with Crippen LogP contribution in [0.2, 0.25) is 0 Å². The zero-order valence-corrected chi connectivity index (χ0v) is 10.6. The van der Waals surface area contributed by atoms with Gasteiger partial charge in [0.1, 0.15) is 11.6 Å². The molecule has 100 valence electrons. The molecule has 0 radical (unpaired) electrons. The van der Waals surface area contributed by atoms with Crippen LogP contribution >= 0.6 is 0 Å². The number of rotatable bonds is 6. The van der Waals surface area contributed by atoms with E-state index in [0.717, 1.165) is 12.1 Å². The molecule has 0 aliphatic rings. The van der Waals surface area contributed by atoms with Gasteiger partial charge in [-0.2, -0.15) is 0 Å². The maximum atomic E-state index is 12.8. The molecule has 0 fully saturated rings. The molecule has 0 saturated heterocycles. The van der Waals surface area contributed by atoms with Crippen LogP contribution < -0.4 is 0 Å². The van der Waals surface area contributed by atoms with Crippen molar-refractivity contribution in [2.24, 2.45) is 0 Å². The second-order valence-electron chi connectivity index (χ2n) is 3.74. The lowest BCUT2D eigenvalue weighted by atomic mass is 10.1. The molecule has 0 heterocycles. The van der Waals surface area contributed by atoms with Gasteiger partial charge >= 0.3 is 0 Å². The summed E-state index contributed by atoms with van der Waals surface area (Å²) in [5.41, 5.74) is 0.106. The number of nitrogens with zero attached hydrogens (tertiary/aromatic N) is 1. The fraction of sp³-hybridized carbons (Fsp3) is 0.462. The van der Waals surface area contributed by atoms with Gasteiger partial charge in [0.15, 0.2) is 0 Å². The lowest BCUT2D eigenvalue weighted by Gasteiger charge is -2.21. The van der Waals surface area contributed by atoms with Crippen molar-refractivity contribution in [1.29, 1.82) is 0 Å². The molecular weight excluding hydrogens is 237 g/mol. The first-order valence-electron chi connectivity index (χ1n) is 5.95. The van der Waals surface area contributed by atoms with Crippen molar-refractivity contribution in [3.05, 3.63) is 29.6 Å². The molecule has 0 unspecified atom stereocenters. The first kappa shape index (κ1) is 14.4. The molecule has 1 aromatic rings. The highest BCUT2D eigenvalue weighted by molar-refractivity contribution is 5.96. The minimum Gasteiger partial charge on any atom is -0.507 e. The fourth-order valence-electron chi connectivity index (χ4n) is 1.58. The number of likely N-dealkylation sites (N-methyl/N-ethyl adjacent to an activating group) is 1. The van der Waals surface area contributed by atoms with Crippen molar-refractivity contribution in [3.63, 3.8) is 0 Å². The minimum absolute atomic E-state index is 0.106. The minimum atomic E-state index is -0.568. The molecule has 0 saturated carbocycles. The van der Waals surface area contributed by atoms with E-state index in [1.165, 1.54) is 6.07 Å². The quantitative estimate of drug-likeness (QED) is 0.791. The molecular formula is C13H18FNO3. The van der Waals surface area contributed by atoms with Gasteiger partial charge in [-0.05, 0) is 26.0 Å². The van der Waals surface area contributed by atoms with E-state index in [1.54, 1.807) is 4.90 Å². The van der Waals surface area contributed by atoms with Crippen molar-refractivity contribution in [2.75, 3.05) is 26.3 Å². The molecule has 1 amide bonds. The summed E-state index contributed by atoms with van der Waals surface area (Å²) in [6, 6.07) is 3.38. The van der Waals surface area contributed by atoms with Crippen molar-refractivity contribution in [3.8, 4) is 5.75 Å². The molecule has 1 N–H and O–H groups in total. The SMILES string of the molecule is CCOCCN(CC)C(=O)c1ccc(F)cc1O. The predicted molar refractivity (Wildman–Crippen MR) is 66.1 cm³/mol. The third kappa shape index (κ3) is 3.70. The van der Waals surface area contributed by atoms with E-state index in [4.69, 9.17) is 4.74 Å². The van der Waals surface area contributed by atoms with Gasteiger partial charge in [0.2, 0.25) is 0 Å². The maximum absolute atomic E-state index is 12.8. The number of hydrogen-bond donors (Lipinski definition) is 1. The highest BCUT2D eigenvalue weighted by Crippen LogP contribution is 2.19. The summed E-state index contributed by atoms with van der Waals surface area (Å²) in [6.45, 7) is 5.70. The number of phenols is 1. The number of benzene rings is 1. The van der Waals surface area contributed by atoms with E-state index in [1.807, 2.05) is 13.8 Å². The van der Waals surface area contributed by atoms with Crippen LogP contribution in [0.3, 0.4) is 0 Å². The number of aromatic hydroxyl groups is 1. The molecule has 5 heteroatoms. The van der Waals surface area contributed by atoms with E-state index in [-0.39, 0.29) is 17.2 Å². The summed E-state index contributed by atoms with van der Waals surface area (Å²) in [4.78, 5) is 13.6. The van der Waals surface area contributed by atoms with Gasteiger partial charge in [-0.1, -0.05) is 0 Å². The summed E-state index contributed by atoms with van der Waals surface area (Å²) in [5, 5.41) is 9.56. The van der Waals surface area contributed by atoms with Gasteiger partial charge in [0.25, 0.3) is 5.91 Å². The molecule has 0 bridgehead atoms. The maximum Gasteiger partial charge on any atom is 0.257 e. The summed E-state index contributed by atoms with van der Waals surface area (Å²) in [5.74, 6) is -1.23. The highest BCUT2D eigenvalue weighted by Gasteiger charge is 2.17. The van der Waals surface area contributed by atoms with Gasteiger partial charge in [-0.15, -0.1) is 0 Å². The molecule has 0 spiro atoms. The van der Waals surface area contributed by atoms with Crippen molar-refractivity contribution < 1.29 is 19.0 Å². The average Bonchev–Trinajstić information content (AvgIpc) is 2.34. The van der Waals surface area contributed by atoms with Crippen LogP contribution in [-0.4, -0.2) is 42.2 Å². The lowest BCUT2D eigenvalue weighted by Crippen LogP contribution is -2.33. The molecule has 1 rings (SSSR count). The predicted octanol–water partition coefficient (Wildman–Crippen LogP) is 2.03. The van der Waals surface area contributed by atoms with E-state index < -0.39 is 5.82 Å². The van der Waals surface area contributed by atoms with Crippen LogP contribution in [0.15, 0.2) is 18.2 Å². The zero-order valence-electron chi connectivity index (χ0n) is 10.6. The third-order valence-electron chi connectivity index (χ3n) is 2.57. The van der Waals surface area contributed by atoms with Crippen molar-refractivity contribution in [1.82, 2.24) is 4.90 Å². The molecule has 1 aromatic carbocycles. The Hall–Kier alpha value is -1.62. The number of carbonyl (C=O) groups excluding carboxylic acids is 1. The Morgan fingerprint density at radius 3 is 2.72 bits per heavy atom. The summed E-state index contributed by atoms with van der Waals surface area (Å²) in [6.07, 6.45) is 0. The molecule has 18 heavy (non-hydrogen) atoms. The number of hydrogen-bond acceptors (Lipinski definition) is 3. The van der Waals surface area contributed by atoms with E-state index >= 15 is 0 Å². The van der Waals surface area contributed by atoms with E-state index in [9.17, 15) is 14.3 Å². The lowest BCUT2D eigenvalue weighted by molar-refractivity contribution is 0.0666. The first-order valence-corrected chi connectivity index (χ1v) is 5.95. The number of carbonyl (C=O) groups is 1. The van der Waals surface area contributed by atoms with E-state index in [0.29, 0.717) is 26.3 Å². The van der Waals surface area contributed by atoms with Crippen LogP contribution in [0.5, 0.6) is 5.75 Å². The van der Waals surface area contributed by atoms with Crippen molar-refractivity contribution >= 4 is 5.91 Å². The van der Waals surface area contributed by atoms with Gasteiger partial charge < -0.3 is 14.7 Å². The molecule has 0 aliphatic heterocycles. The number of ether oxygens (including phenoxy) is 1. The van der Waals surface area contributed by atoms with Gasteiger partial charge in [0.05, 0.1) is 12.2 Å². The molecule has 4 nitrogen and oxygen atoms in total.